The highest BCUT2D eigenvalue weighted by molar-refractivity contribution is 7.98. The number of unbranched alkanes of at least 4 members (excludes halogenated alkanes) is 3. The van der Waals surface area contributed by atoms with E-state index in [0.717, 1.165) is 31.5 Å². The van der Waals surface area contributed by atoms with Gasteiger partial charge in [-0.1, -0.05) is 19.8 Å². The van der Waals surface area contributed by atoms with Crippen molar-refractivity contribution in [3.8, 4) is 0 Å². The number of nitrogens with zero attached hydrogens (tertiary/aromatic N) is 2. The molecule has 18 heavy (non-hydrogen) atoms. The lowest BCUT2D eigenvalue weighted by molar-refractivity contribution is 0.270. The zero-order valence-electron chi connectivity index (χ0n) is 12.0. The van der Waals surface area contributed by atoms with Crippen molar-refractivity contribution in [3.63, 3.8) is 0 Å². The van der Waals surface area contributed by atoms with Crippen molar-refractivity contribution >= 4 is 17.7 Å². The molecule has 1 fully saturated rings. The smallest absolute Gasteiger partial charge is 0.191 e. The van der Waals surface area contributed by atoms with E-state index in [1.54, 1.807) is 0 Å². The summed E-state index contributed by atoms with van der Waals surface area (Å²) in [4.78, 5) is 6.77. The van der Waals surface area contributed by atoms with Gasteiger partial charge in [0.2, 0.25) is 0 Å². The van der Waals surface area contributed by atoms with Gasteiger partial charge in [-0.2, -0.15) is 11.8 Å². The molecule has 1 aliphatic rings. The predicted octanol–water partition coefficient (Wildman–Crippen LogP) is 2.96. The lowest BCUT2D eigenvalue weighted by Crippen LogP contribution is -2.43. The highest BCUT2D eigenvalue weighted by atomic mass is 32.2. The molecule has 106 valence electrons. The molecule has 1 atom stereocenters. The molecule has 0 aromatic heterocycles. The van der Waals surface area contributed by atoms with Gasteiger partial charge in [0.15, 0.2) is 5.96 Å². The summed E-state index contributed by atoms with van der Waals surface area (Å²) in [5.41, 5.74) is 6.05. The fourth-order valence-corrected chi connectivity index (χ4v) is 2.90. The summed E-state index contributed by atoms with van der Waals surface area (Å²) in [6.45, 7) is 5.37. The lowest BCUT2D eigenvalue weighted by Gasteiger charge is -2.31. The minimum absolute atomic E-state index is 0.763. The summed E-state index contributed by atoms with van der Waals surface area (Å²) in [6.07, 6.45) is 9.89. The van der Waals surface area contributed by atoms with Gasteiger partial charge in [0.1, 0.15) is 0 Å². The first-order valence-electron chi connectivity index (χ1n) is 7.28. The van der Waals surface area contributed by atoms with Crippen molar-refractivity contribution in [2.75, 3.05) is 31.6 Å². The Labute approximate surface area is 117 Å². The van der Waals surface area contributed by atoms with Gasteiger partial charge in [-0.05, 0) is 43.6 Å². The molecule has 2 N–H and O–H groups in total. The largest absolute Gasteiger partial charge is 0.370 e. The number of aliphatic imine (C=N–C) groups is 1. The lowest BCUT2D eigenvalue weighted by atomic mass is 10.0. The number of likely N-dealkylation sites (tertiary alicyclic amines) is 1. The van der Waals surface area contributed by atoms with Crippen LogP contribution in [0.25, 0.3) is 0 Å². The van der Waals surface area contributed by atoms with Gasteiger partial charge in [-0.25, -0.2) is 0 Å². The maximum absolute atomic E-state index is 6.05. The predicted molar refractivity (Wildman–Crippen MR) is 83.3 cm³/mol. The van der Waals surface area contributed by atoms with Crippen LogP contribution in [0.5, 0.6) is 0 Å². The molecule has 1 aliphatic heterocycles. The van der Waals surface area contributed by atoms with E-state index in [0.29, 0.717) is 0 Å². The summed E-state index contributed by atoms with van der Waals surface area (Å²) in [5.74, 6) is 2.82. The summed E-state index contributed by atoms with van der Waals surface area (Å²) in [7, 11) is 0. The molecule has 0 saturated carbocycles. The molecule has 0 bridgehead atoms. The van der Waals surface area contributed by atoms with Crippen LogP contribution in [-0.4, -0.2) is 42.5 Å². The second kappa shape index (κ2) is 9.54. The maximum atomic E-state index is 6.05. The Morgan fingerprint density at radius 3 is 2.83 bits per heavy atom. The zero-order valence-corrected chi connectivity index (χ0v) is 12.8. The van der Waals surface area contributed by atoms with Crippen LogP contribution in [0.2, 0.25) is 0 Å². The fourth-order valence-electron chi connectivity index (χ4n) is 2.40. The second-order valence-corrected chi connectivity index (χ2v) is 6.33. The Kier molecular flexibility index (Phi) is 8.31. The number of hydrogen-bond acceptors (Lipinski definition) is 2. The average molecular weight is 271 g/mol. The van der Waals surface area contributed by atoms with E-state index in [9.17, 15) is 0 Å². The topological polar surface area (TPSA) is 41.6 Å². The monoisotopic (exact) mass is 271 g/mol. The number of guanidine groups is 1. The molecule has 1 rings (SSSR count). The average Bonchev–Trinajstić information content (AvgIpc) is 2.37. The van der Waals surface area contributed by atoms with Gasteiger partial charge in [-0.15, -0.1) is 0 Å². The van der Waals surface area contributed by atoms with E-state index in [1.807, 2.05) is 11.8 Å². The summed E-state index contributed by atoms with van der Waals surface area (Å²) in [5, 5.41) is 0. The van der Waals surface area contributed by atoms with Crippen LogP contribution < -0.4 is 5.73 Å². The van der Waals surface area contributed by atoms with Gasteiger partial charge < -0.3 is 10.6 Å². The second-order valence-electron chi connectivity index (χ2n) is 5.34. The third-order valence-electron chi connectivity index (χ3n) is 3.51. The quantitative estimate of drug-likeness (QED) is 0.440. The summed E-state index contributed by atoms with van der Waals surface area (Å²) >= 11 is 1.94. The van der Waals surface area contributed by atoms with Gasteiger partial charge in [-0.3, -0.25) is 4.99 Å². The standard InChI is InChI=1S/C14H29N3S/c1-13-8-7-10-17(12-13)14(15)16-9-5-3-4-6-11-18-2/h13H,3-12H2,1-2H3,(H2,15,16). The Morgan fingerprint density at radius 1 is 1.33 bits per heavy atom. The van der Waals surface area contributed by atoms with Crippen LogP contribution >= 0.6 is 11.8 Å². The number of rotatable bonds is 7. The van der Waals surface area contributed by atoms with Crippen LogP contribution in [-0.2, 0) is 0 Å². The first-order valence-corrected chi connectivity index (χ1v) is 8.67. The van der Waals surface area contributed by atoms with Crippen LogP contribution in [0.15, 0.2) is 4.99 Å². The first kappa shape index (κ1) is 15.7. The van der Waals surface area contributed by atoms with E-state index in [-0.39, 0.29) is 0 Å². The van der Waals surface area contributed by atoms with Gasteiger partial charge in [0, 0.05) is 19.6 Å². The van der Waals surface area contributed by atoms with E-state index >= 15 is 0 Å². The number of thioether (sulfide) groups is 1. The van der Waals surface area contributed by atoms with Gasteiger partial charge in [0.25, 0.3) is 0 Å². The molecule has 0 aromatic carbocycles. The van der Waals surface area contributed by atoms with Crippen molar-refractivity contribution in [2.45, 2.75) is 45.4 Å². The molecule has 0 aliphatic carbocycles. The van der Waals surface area contributed by atoms with Crippen LogP contribution in [0.1, 0.15) is 45.4 Å². The molecule has 1 saturated heterocycles. The minimum atomic E-state index is 0.763. The number of piperidine rings is 1. The third-order valence-corrected chi connectivity index (χ3v) is 4.21. The molecule has 3 nitrogen and oxygen atoms in total. The molecular formula is C14H29N3S. The zero-order chi connectivity index (χ0) is 13.2. The van der Waals surface area contributed by atoms with Crippen molar-refractivity contribution in [1.82, 2.24) is 4.90 Å². The first-order chi connectivity index (χ1) is 8.74. The van der Waals surface area contributed by atoms with Gasteiger partial charge >= 0.3 is 0 Å². The number of hydrogen-bond donors (Lipinski definition) is 1. The molecule has 1 unspecified atom stereocenters. The van der Waals surface area contributed by atoms with Crippen molar-refractivity contribution in [1.29, 1.82) is 0 Å². The van der Waals surface area contributed by atoms with Crippen LogP contribution in [0, 0.1) is 5.92 Å². The van der Waals surface area contributed by atoms with Crippen molar-refractivity contribution in [3.05, 3.63) is 0 Å². The molecular weight excluding hydrogens is 242 g/mol. The SMILES string of the molecule is CSCCCCCCN=C(N)N1CCCC(C)C1. The number of nitrogens with two attached hydrogens (primary N) is 1. The van der Waals surface area contributed by atoms with E-state index in [1.165, 1.54) is 44.3 Å². The normalized spacial score (nSPS) is 21.3. The fraction of sp³-hybridized carbons (Fsp3) is 0.929. The Balaban J connectivity index is 2.09. The van der Waals surface area contributed by atoms with E-state index in [2.05, 4.69) is 23.1 Å². The third kappa shape index (κ3) is 6.53. The Hall–Kier alpha value is -0.380. The van der Waals surface area contributed by atoms with Crippen LogP contribution in [0.4, 0.5) is 0 Å². The molecule has 4 heteroatoms. The van der Waals surface area contributed by atoms with Crippen LogP contribution in [0.3, 0.4) is 0 Å². The highest BCUT2D eigenvalue weighted by Crippen LogP contribution is 2.14. The molecule has 1 heterocycles. The van der Waals surface area contributed by atoms with E-state index < -0.39 is 0 Å². The van der Waals surface area contributed by atoms with Gasteiger partial charge in [0.05, 0.1) is 0 Å². The molecule has 0 aromatic rings. The molecule has 0 amide bonds. The maximum Gasteiger partial charge on any atom is 0.191 e. The summed E-state index contributed by atoms with van der Waals surface area (Å²) < 4.78 is 0. The van der Waals surface area contributed by atoms with Crippen molar-refractivity contribution < 1.29 is 0 Å². The van der Waals surface area contributed by atoms with Crippen molar-refractivity contribution in [2.24, 2.45) is 16.6 Å². The van der Waals surface area contributed by atoms with E-state index in [4.69, 9.17) is 5.73 Å². The minimum Gasteiger partial charge on any atom is -0.370 e. The Bertz CT molecular complexity index is 243. The molecule has 0 radical (unpaired) electrons. The molecule has 0 spiro atoms. The Morgan fingerprint density at radius 2 is 2.11 bits per heavy atom. The summed E-state index contributed by atoms with van der Waals surface area (Å²) in [6, 6.07) is 0. The highest BCUT2D eigenvalue weighted by Gasteiger charge is 2.17.